The van der Waals surface area contributed by atoms with Gasteiger partial charge in [0, 0.05) is 25.3 Å². The van der Waals surface area contributed by atoms with Gasteiger partial charge in [0.2, 0.25) is 0 Å². The van der Waals surface area contributed by atoms with Crippen LogP contribution in [-0.4, -0.2) is 23.7 Å². The smallest absolute Gasteiger partial charge is 0.106 e. The Morgan fingerprint density at radius 1 is 1.53 bits per heavy atom. The van der Waals surface area contributed by atoms with Crippen molar-refractivity contribution in [3.8, 4) is 0 Å². The number of halogens is 1. The lowest BCUT2D eigenvalue weighted by molar-refractivity contribution is 0.195. The summed E-state index contributed by atoms with van der Waals surface area (Å²) in [5.74, 6) is 0. The standard InChI is InChI=1S/C11H13BrN2O/c1-15-4-2-3-8-6-13-10-7-14-11(12)5-9(8)10/h5-7,13H,2-4H2,1H3. The van der Waals surface area contributed by atoms with Crippen LogP contribution in [0.5, 0.6) is 0 Å². The van der Waals surface area contributed by atoms with Gasteiger partial charge in [-0.2, -0.15) is 0 Å². The molecule has 80 valence electrons. The first kappa shape index (κ1) is 10.6. The third-order valence-electron chi connectivity index (χ3n) is 2.41. The van der Waals surface area contributed by atoms with Gasteiger partial charge in [-0.15, -0.1) is 0 Å². The second kappa shape index (κ2) is 4.77. The molecule has 2 aromatic heterocycles. The van der Waals surface area contributed by atoms with E-state index in [1.54, 1.807) is 7.11 Å². The average Bonchev–Trinajstić information content (AvgIpc) is 2.62. The van der Waals surface area contributed by atoms with Crippen molar-refractivity contribution in [2.24, 2.45) is 0 Å². The third-order valence-corrected chi connectivity index (χ3v) is 2.85. The van der Waals surface area contributed by atoms with Crippen molar-refractivity contribution in [2.75, 3.05) is 13.7 Å². The fraction of sp³-hybridized carbons (Fsp3) is 0.364. The van der Waals surface area contributed by atoms with Crippen LogP contribution in [0.2, 0.25) is 0 Å². The van der Waals surface area contributed by atoms with Crippen LogP contribution in [0.4, 0.5) is 0 Å². The first-order chi connectivity index (χ1) is 7.31. The summed E-state index contributed by atoms with van der Waals surface area (Å²) in [6, 6.07) is 2.05. The number of aromatic amines is 1. The number of aryl methyl sites for hydroxylation is 1. The molecule has 0 aromatic carbocycles. The maximum absolute atomic E-state index is 5.04. The highest BCUT2D eigenvalue weighted by molar-refractivity contribution is 9.10. The predicted octanol–water partition coefficient (Wildman–Crippen LogP) is 2.90. The lowest BCUT2D eigenvalue weighted by Gasteiger charge is -1.99. The molecule has 2 aromatic rings. The fourth-order valence-electron chi connectivity index (χ4n) is 1.67. The molecule has 4 heteroatoms. The van der Waals surface area contributed by atoms with Gasteiger partial charge >= 0.3 is 0 Å². The zero-order valence-corrected chi connectivity index (χ0v) is 10.2. The molecule has 0 bridgehead atoms. The predicted molar refractivity (Wildman–Crippen MR) is 64.0 cm³/mol. The number of rotatable bonds is 4. The van der Waals surface area contributed by atoms with Crippen molar-refractivity contribution < 1.29 is 4.74 Å². The number of methoxy groups -OCH3 is 1. The van der Waals surface area contributed by atoms with Crippen molar-refractivity contribution in [3.63, 3.8) is 0 Å². The molecule has 2 rings (SSSR count). The quantitative estimate of drug-likeness (QED) is 0.684. The summed E-state index contributed by atoms with van der Waals surface area (Å²) in [4.78, 5) is 7.40. The molecule has 0 radical (unpaired) electrons. The Morgan fingerprint density at radius 2 is 2.40 bits per heavy atom. The number of ether oxygens (including phenoxy) is 1. The van der Waals surface area contributed by atoms with Crippen LogP contribution in [0.25, 0.3) is 10.9 Å². The van der Waals surface area contributed by atoms with E-state index in [1.807, 2.05) is 12.3 Å². The van der Waals surface area contributed by atoms with Crippen molar-refractivity contribution >= 4 is 26.8 Å². The molecule has 0 aliphatic rings. The molecule has 0 atom stereocenters. The monoisotopic (exact) mass is 268 g/mol. The number of hydrogen-bond donors (Lipinski definition) is 1. The van der Waals surface area contributed by atoms with Gasteiger partial charge in [0.25, 0.3) is 0 Å². The van der Waals surface area contributed by atoms with E-state index < -0.39 is 0 Å². The highest BCUT2D eigenvalue weighted by Crippen LogP contribution is 2.21. The van der Waals surface area contributed by atoms with Crippen LogP contribution >= 0.6 is 15.9 Å². The number of fused-ring (bicyclic) bond motifs is 1. The van der Waals surface area contributed by atoms with Gasteiger partial charge in [0.15, 0.2) is 0 Å². The van der Waals surface area contributed by atoms with Gasteiger partial charge < -0.3 is 9.72 Å². The van der Waals surface area contributed by atoms with Crippen molar-refractivity contribution in [1.82, 2.24) is 9.97 Å². The summed E-state index contributed by atoms with van der Waals surface area (Å²) in [5, 5.41) is 1.24. The summed E-state index contributed by atoms with van der Waals surface area (Å²) in [6.45, 7) is 0.804. The number of H-pyrrole nitrogens is 1. The minimum atomic E-state index is 0.804. The van der Waals surface area contributed by atoms with E-state index in [9.17, 15) is 0 Å². The summed E-state index contributed by atoms with van der Waals surface area (Å²) >= 11 is 3.38. The SMILES string of the molecule is COCCCc1c[nH]c2cnc(Br)cc12. The molecular formula is C11H13BrN2O. The Kier molecular flexibility index (Phi) is 3.38. The molecule has 0 aliphatic heterocycles. The molecule has 0 spiro atoms. The van der Waals surface area contributed by atoms with E-state index >= 15 is 0 Å². The maximum atomic E-state index is 5.04. The number of nitrogens with zero attached hydrogens (tertiary/aromatic N) is 1. The number of pyridine rings is 1. The maximum Gasteiger partial charge on any atom is 0.106 e. The molecular weight excluding hydrogens is 256 g/mol. The second-order valence-electron chi connectivity index (χ2n) is 3.46. The summed E-state index contributed by atoms with van der Waals surface area (Å²) in [7, 11) is 1.73. The van der Waals surface area contributed by atoms with E-state index in [-0.39, 0.29) is 0 Å². The van der Waals surface area contributed by atoms with E-state index in [1.165, 1.54) is 10.9 Å². The fourth-order valence-corrected chi connectivity index (χ4v) is 2.00. The van der Waals surface area contributed by atoms with Crippen LogP contribution in [0.3, 0.4) is 0 Å². The topological polar surface area (TPSA) is 37.9 Å². The van der Waals surface area contributed by atoms with Crippen LogP contribution in [0, 0.1) is 0 Å². The molecule has 0 saturated carbocycles. The highest BCUT2D eigenvalue weighted by Gasteiger charge is 2.04. The minimum Gasteiger partial charge on any atom is -0.385 e. The molecule has 15 heavy (non-hydrogen) atoms. The largest absolute Gasteiger partial charge is 0.385 e. The van der Waals surface area contributed by atoms with Gasteiger partial charge in [-0.3, -0.25) is 0 Å². The van der Waals surface area contributed by atoms with Gasteiger partial charge in [0.1, 0.15) is 4.60 Å². The first-order valence-corrected chi connectivity index (χ1v) is 5.71. The van der Waals surface area contributed by atoms with E-state index in [4.69, 9.17) is 4.74 Å². The third kappa shape index (κ3) is 2.38. The zero-order chi connectivity index (χ0) is 10.7. The van der Waals surface area contributed by atoms with Crippen molar-refractivity contribution in [3.05, 3.63) is 28.6 Å². The average molecular weight is 269 g/mol. The Bertz CT molecular complexity index is 453. The number of aromatic nitrogens is 2. The van der Waals surface area contributed by atoms with Crippen LogP contribution < -0.4 is 0 Å². The Hall–Kier alpha value is -0.870. The normalized spacial score (nSPS) is 11.1. The van der Waals surface area contributed by atoms with Crippen molar-refractivity contribution in [1.29, 1.82) is 0 Å². The Labute approximate surface area is 97.0 Å². The molecule has 0 fully saturated rings. The molecule has 0 saturated heterocycles. The van der Waals surface area contributed by atoms with Crippen molar-refractivity contribution in [2.45, 2.75) is 12.8 Å². The molecule has 0 amide bonds. The molecule has 1 N–H and O–H groups in total. The number of nitrogens with one attached hydrogen (secondary N) is 1. The van der Waals surface area contributed by atoms with Gasteiger partial charge in [-0.1, -0.05) is 0 Å². The van der Waals surface area contributed by atoms with Crippen LogP contribution in [0.15, 0.2) is 23.1 Å². The van der Waals surface area contributed by atoms with E-state index in [0.717, 1.165) is 29.6 Å². The molecule has 0 aliphatic carbocycles. The van der Waals surface area contributed by atoms with Gasteiger partial charge in [-0.05, 0) is 40.4 Å². The molecule has 2 heterocycles. The first-order valence-electron chi connectivity index (χ1n) is 4.91. The lowest BCUT2D eigenvalue weighted by atomic mass is 10.1. The van der Waals surface area contributed by atoms with Gasteiger partial charge in [0.05, 0.1) is 11.7 Å². The zero-order valence-electron chi connectivity index (χ0n) is 8.59. The summed E-state index contributed by atoms with van der Waals surface area (Å²) in [5.41, 5.74) is 2.41. The minimum absolute atomic E-state index is 0.804. The summed E-state index contributed by atoms with van der Waals surface area (Å²) in [6.07, 6.45) is 5.97. The second-order valence-corrected chi connectivity index (χ2v) is 4.28. The van der Waals surface area contributed by atoms with Crippen LogP contribution in [0.1, 0.15) is 12.0 Å². The lowest BCUT2D eigenvalue weighted by Crippen LogP contribution is -1.91. The molecule has 3 nitrogen and oxygen atoms in total. The number of hydrogen-bond acceptors (Lipinski definition) is 2. The Balaban J connectivity index is 2.23. The van der Waals surface area contributed by atoms with Gasteiger partial charge in [-0.25, -0.2) is 4.98 Å². The summed E-state index contributed by atoms with van der Waals surface area (Å²) < 4.78 is 5.92. The highest BCUT2D eigenvalue weighted by atomic mass is 79.9. The van der Waals surface area contributed by atoms with E-state index in [0.29, 0.717) is 0 Å². The molecule has 0 unspecified atom stereocenters. The Morgan fingerprint density at radius 3 is 3.20 bits per heavy atom. The van der Waals surface area contributed by atoms with Crippen LogP contribution in [-0.2, 0) is 11.2 Å². The van der Waals surface area contributed by atoms with E-state index in [2.05, 4.69) is 32.1 Å².